The Morgan fingerprint density at radius 1 is 1.67 bits per heavy atom. The van der Waals surface area contributed by atoms with Gasteiger partial charge in [-0.1, -0.05) is 0 Å². The summed E-state index contributed by atoms with van der Waals surface area (Å²) in [4.78, 5) is 27.0. The predicted molar refractivity (Wildman–Crippen MR) is 68.4 cm³/mol. The molecule has 18 heavy (non-hydrogen) atoms. The molecule has 0 aliphatic carbocycles. The molecule has 3 N–H and O–H groups in total. The maximum atomic E-state index is 11.8. The Kier molecular flexibility index (Phi) is 4.27. The number of nitrogens with zero attached hydrogens (tertiary/aromatic N) is 1. The Labute approximate surface area is 109 Å². The number of hydrogen-bond donors (Lipinski definition) is 3. The molecule has 0 aromatic carbocycles. The van der Waals surface area contributed by atoms with Gasteiger partial charge in [0.2, 0.25) is 11.8 Å². The van der Waals surface area contributed by atoms with Crippen LogP contribution in [0.5, 0.6) is 0 Å². The van der Waals surface area contributed by atoms with E-state index in [4.69, 9.17) is 0 Å². The fraction of sp³-hybridized carbons (Fsp3) is 0.545. The van der Waals surface area contributed by atoms with Crippen molar-refractivity contribution in [2.75, 3.05) is 19.6 Å². The third-order valence-corrected chi connectivity index (χ3v) is 3.50. The van der Waals surface area contributed by atoms with Gasteiger partial charge in [0, 0.05) is 24.9 Å². The molecule has 2 rings (SSSR count). The van der Waals surface area contributed by atoms with Gasteiger partial charge in [0.05, 0.1) is 17.2 Å². The lowest BCUT2D eigenvalue weighted by Crippen LogP contribution is -2.58. The van der Waals surface area contributed by atoms with E-state index in [1.807, 2.05) is 12.3 Å². The molecule has 1 aromatic heterocycles. The van der Waals surface area contributed by atoms with Crippen LogP contribution in [0, 0.1) is 6.92 Å². The lowest BCUT2D eigenvalue weighted by molar-refractivity contribution is -0.126. The molecule has 6 nitrogen and oxygen atoms in total. The van der Waals surface area contributed by atoms with Gasteiger partial charge in [-0.05, 0) is 6.92 Å². The first kappa shape index (κ1) is 13.0. The van der Waals surface area contributed by atoms with Gasteiger partial charge in [-0.3, -0.25) is 14.9 Å². The lowest BCUT2D eigenvalue weighted by atomic mass is 10.2. The zero-order chi connectivity index (χ0) is 13.0. The van der Waals surface area contributed by atoms with Gasteiger partial charge >= 0.3 is 0 Å². The average Bonchev–Trinajstić information content (AvgIpc) is 2.76. The molecule has 1 aliphatic heterocycles. The van der Waals surface area contributed by atoms with Crippen molar-refractivity contribution in [2.24, 2.45) is 0 Å². The summed E-state index contributed by atoms with van der Waals surface area (Å²) in [5.74, 6) is -0.154. The summed E-state index contributed by atoms with van der Waals surface area (Å²) >= 11 is 1.61. The number of hydrogen-bond acceptors (Lipinski definition) is 5. The third-order valence-electron chi connectivity index (χ3n) is 2.68. The Balaban J connectivity index is 1.70. The fourth-order valence-corrected chi connectivity index (χ4v) is 2.36. The molecule has 98 valence electrons. The van der Waals surface area contributed by atoms with E-state index in [-0.39, 0.29) is 24.4 Å². The number of carbonyl (C=O) groups is 2. The van der Waals surface area contributed by atoms with Crippen molar-refractivity contribution < 1.29 is 9.59 Å². The second-order valence-corrected chi connectivity index (χ2v) is 5.20. The quantitative estimate of drug-likeness (QED) is 0.667. The number of piperazine rings is 1. The summed E-state index contributed by atoms with van der Waals surface area (Å²) in [7, 11) is 0. The summed E-state index contributed by atoms with van der Waals surface area (Å²) in [5, 5.41) is 11.4. The summed E-state index contributed by atoms with van der Waals surface area (Å²) in [6.07, 6.45) is 0.731. The van der Waals surface area contributed by atoms with E-state index in [0.29, 0.717) is 13.1 Å². The fourth-order valence-electron chi connectivity index (χ4n) is 1.71. The number of thiazole rings is 1. The van der Waals surface area contributed by atoms with Gasteiger partial charge in [0.25, 0.3) is 0 Å². The summed E-state index contributed by atoms with van der Waals surface area (Å²) in [6.45, 7) is 3.07. The van der Waals surface area contributed by atoms with Gasteiger partial charge in [-0.2, -0.15) is 0 Å². The molecule has 1 aromatic rings. The summed E-state index contributed by atoms with van der Waals surface area (Å²) < 4.78 is 0. The molecular weight excluding hydrogens is 252 g/mol. The van der Waals surface area contributed by atoms with E-state index in [9.17, 15) is 9.59 Å². The molecule has 2 amide bonds. The molecule has 0 spiro atoms. The molecule has 1 atom stereocenters. The molecule has 1 saturated heterocycles. The second-order valence-electron chi connectivity index (χ2n) is 4.14. The minimum absolute atomic E-state index is 0.0722. The van der Waals surface area contributed by atoms with Crippen LogP contribution in [0.15, 0.2) is 5.38 Å². The normalized spacial score (nSPS) is 19.4. The van der Waals surface area contributed by atoms with Crippen LogP contribution in [0.4, 0.5) is 0 Å². The highest BCUT2D eigenvalue weighted by Gasteiger charge is 2.23. The Bertz CT molecular complexity index is 436. The highest BCUT2D eigenvalue weighted by molar-refractivity contribution is 7.09. The second kappa shape index (κ2) is 5.92. The van der Waals surface area contributed by atoms with E-state index in [1.165, 1.54) is 0 Å². The lowest BCUT2D eigenvalue weighted by Gasteiger charge is -2.23. The minimum atomic E-state index is -0.333. The number of nitrogens with one attached hydrogen (secondary N) is 3. The first-order chi connectivity index (χ1) is 8.65. The highest BCUT2D eigenvalue weighted by atomic mass is 32.1. The van der Waals surface area contributed by atoms with Crippen LogP contribution in [0.1, 0.15) is 10.7 Å². The molecular formula is C11H16N4O2S. The SMILES string of the molecule is Cc1nc(CCNC(=O)C2CNC(=O)CN2)cs1. The highest BCUT2D eigenvalue weighted by Crippen LogP contribution is 2.07. The first-order valence-electron chi connectivity index (χ1n) is 5.84. The monoisotopic (exact) mass is 268 g/mol. The van der Waals surface area contributed by atoms with Gasteiger partial charge in [0.15, 0.2) is 0 Å². The van der Waals surface area contributed by atoms with Crippen LogP contribution in [0.2, 0.25) is 0 Å². The Hall–Kier alpha value is -1.47. The average molecular weight is 268 g/mol. The van der Waals surface area contributed by atoms with Crippen molar-refractivity contribution in [3.05, 3.63) is 16.1 Å². The standard InChI is InChI=1S/C11H16N4O2S/c1-7-15-8(6-18-7)2-3-12-11(17)9-4-14-10(16)5-13-9/h6,9,13H,2-5H2,1H3,(H,12,17)(H,14,16). The van der Waals surface area contributed by atoms with Crippen molar-refractivity contribution in [3.8, 4) is 0 Å². The first-order valence-corrected chi connectivity index (χ1v) is 6.72. The molecule has 0 radical (unpaired) electrons. The number of rotatable bonds is 4. The molecule has 0 saturated carbocycles. The van der Waals surface area contributed by atoms with Crippen LogP contribution in [0.3, 0.4) is 0 Å². The van der Waals surface area contributed by atoms with Crippen molar-refractivity contribution in [1.29, 1.82) is 0 Å². The summed E-state index contributed by atoms with van der Waals surface area (Å²) in [5.41, 5.74) is 1.00. The number of aryl methyl sites for hydroxylation is 1. The number of carbonyl (C=O) groups excluding carboxylic acids is 2. The largest absolute Gasteiger partial charge is 0.354 e. The molecule has 1 fully saturated rings. The van der Waals surface area contributed by atoms with Crippen LogP contribution in [-0.4, -0.2) is 42.5 Å². The third kappa shape index (κ3) is 3.51. The zero-order valence-electron chi connectivity index (χ0n) is 10.2. The Morgan fingerprint density at radius 3 is 3.11 bits per heavy atom. The molecule has 1 aliphatic rings. The zero-order valence-corrected chi connectivity index (χ0v) is 11.0. The van der Waals surface area contributed by atoms with Gasteiger partial charge in [-0.15, -0.1) is 11.3 Å². The van der Waals surface area contributed by atoms with Crippen molar-refractivity contribution in [2.45, 2.75) is 19.4 Å². The van der Waals surface area contributed by atoms with Crippen molar-refractivity contribution >= 4 is 23.2 Å². The Morgan fingerprint density at radius 2 is 2.50 bits per heavy atom. The van der Waals surface area contributed by atoms with E-state index in [2.05, 4.69) is 20.9 Å². The van der Waals surface area contributed by atoms with Crippen molar-refractivity contribution in [1.82, 2.24) is 20.9 Å². The van der Waals surface area contributed by atoms with Gasteiger partial charge < -0.3 is 10.6 Å². The number of aromatic nitrogens is 1. The minimum Gasteiger partial charge on any atom is -0.354 e. The van der Waals surface area contributed by atoms with E-state index >= 15 is 0 Å². The van der Waals surface area contributed by atoms with Gasteiger partial charge in [-0.25, -0.2) is 4.98 Å². The molecule has 1 unspecified atom stereocenters. The van der Waals surface area contributed by atoms with Crippen molar-refractivity contribution in [3.63, 3.8) is 0 Å². The topological polar surface area (TPSA) is 83.1 Å². The summed E-state index contributed by atoms with van der Waals surface area (Å²) in [6, 6.07) is -0.333. The smallest absolute Gasteiger partial charge is 0.238 e. The van der Waals surface area contributed by atoms with E-state index < -0.39 is 0 Å². The predicted octanol–water partition coefficient (Wildman–Crippen LogP) is -0.802. The van der Waals surface area contributed by atoms with Gasteiger partial charge in [0.1, 0.15) is 6.04 Å². The van der Waals surface area contributed by atoms with Crippen LogP contribution >= 0.6 is 11.3 Å². The maximum Gasteiger partial charge on any atom is 0.238 e. The van der Waals surface area contributed by atoms with Crippen LogP contribution in [0.25, 0.3) is 0 Å². The van der Waals surface area contributed by atoms with Crippen LogP contribution in [-0.2, 0) is 16.0 Å². The maximum absolute atomic E-state index is 11.8. The molecule has 7 heteroatoms. The molecule has 2 heterocycles. The van der Waals surface area contributed by atoms with Crippen LogP contribution < -0.4 is 16.0 Å². The van der Waals surface area contributed by atoms with E-state index in [1.54, 1.807) is 11.3 Å². The van der Waals surface area contributed by atoms with E-state index in [0.717, 1.165) is 17.1 Å². The number of amides is 2. The molecule has 0 bridgehead atoms.